The lowest BCUT2D eigenvalue weighted by Crippen LogP contribution is -2.42. The molecular weight excluding hydrogens is 316 g/mol. The van der Waals surface area contributed by atoms with Crippen LogP contribution in [-0.2, 0) is 19.1 Å². The van der Waals surface area contributed by atoms with Crippen molar-refractivity contribution in [2.75, 3.05) is 31.7 Å². The van der Waals surface area contributed by atoms with Gasteiger partial charge in [-0.05, 0) is 31.2 Å². The number of hydrogen-bond acceptors (Lipinski definition) is 5. The minimum atomic E-state index is -0.217. The van der Waals surface area contributed by atoms with E-state index in [0.717, 1.165) is 10.6 Å². The first-order chi connectivity index (χ1) is 11.0. The SMILES string of the molecule is CC(=O)Nc1ccc(S[C@H](C)C(=O)NC[C@@H]2COCCO2)cc1. The molecule has 1 aliphatic rings. The second kappa shape index (κ2) is 8.90. The average Bonchev–Trinajstić information content (AvgIpc) is 2.55. The van der Waals surface area contributed by atoms with Crippen LogP contribution in [0.3, 0.4) is 0 Å². The first-order valence-corrected chi connectivity index (χ1v) is 8.44. The highest BCUT2D eigenvalue weighted by Gasteiger charge is 2.18. The van der Waals surface area contributed by atoms with Crippen LogP contribution in [0.5, 0.6) is 0 Å². The van der Waals surface area contributed by atoms with Crippen molar-refractivity contribution in [1.29, 1.82) is 0 Å². The zero-order valence-electron chi connectivity index (χ0n) is 13.3. The van der Waals surface area contributed by atoms with Crippen molar-refractivity contribution in [2.45, 2.75) is 30.1 Å². The Bertz CT molecular complexity index is 529. The van der Waals surface area contributed by atoms with E-state index >= 15 is 0 Å². The fourth-order valence-corrected chi connectivity index (χ4v) is 2.98. The van der Waals surface area contributed by atoms with Crippen LogP contribution in [0.25, 0.3) is 0 Å². The van der Waals surface area contributed by atoms with Crippen LogP contribution in [0.2, 0.25) is 0 Å². The second-order valence-corrected chi connectivity index (χ2v) is 6.69. The lowest BCUT2D eigenvalue weighted by atomic mass is 10.3. The number of ether oxygens (including phenoxy) is 2. The molecule has 1 aromatic carbocycles. The van der Waals surface area contributed by atoms with Crippen LogP contribution in [-0.4, -0.2) is 49.5 Å². The van der Waals surface area contributed by atoms with Crippen LogP contribution in [0.1, 0.15) is 13.8 Å². The maximum atomic E-state index is 12.1. The van der Waals surface area contributed by atoms with E-state index in [0.29, 0.717) is 26.4 Å². The predicted octanol–water partition coefficient (Wildman–Crippen LogP) is 1.66. The second-order valence-electron chi connectivity index (χ2n) is 5.28. The lowest BCUT2D eigenvalue weighted by molar-refractivity contribution is -0.123. The van der Waals surface area contributed by atoms with Crippen LogP contribution in [0.4, 0.5) is 5.69 Å². The molecule has 1 heterocycles. The van der Waals surface area contributed by atoms with Crippen molar-refractivity contribution in [3.8, 4) is 0 Å². The molecule has 0 unspecified atom stereocenters. The molecule has 0 spiro atoms. The summed E-state index contributed by atoms with van der Waals surface area (Å²) < 4.78 is 10.8. The van der Waals surface area contributed by atoms with Gasteiger partial charge >= 0.3 is 0 Å². The molecule has 126 valence electrons. The van der Waals surface area contributed by atoms with Gasteiger partial charge in [-0.25, -0.2) is 0 Å². The first kappa shape index (κ1) is 17.8. The molecule has 0 aliphatic carbocycles. The van der Waals surface area contributed by atoms with Gasteiger partial charge in [0.2, 0.25) is 11.8 Å². The molecular formula is C16H22N2O4S. The van der Waals surface area contributed by atoms with Crippen molar-refractivity contribution >= 4 is 29.3 Å². The Morgan fingerprint density at radius 1 is 1.30 bits per heavy atom. The van der Waals surface area contributed by atoms with E-state index in [9.17, 15) is 9.59 Å². The number of thioether (sulfide) groups is 1. The quantitative estimate of drug-likeness (QED) is 0.772. The number of carbonyl (C=O) groups excluding carboxylic acids is 2. The average molecular weight is 338 g/mol. The van der Waals surface area contributed by atoms with Gasteiger partial charge in [0.05, 0.1) is 31.2 Å². The standard InChI is InChI=1S/C16H22N2O4S/c1-11(16(20)17-9-14-10-21-7-8-22-14)23-15-5-3-13(4-6-15)18-12(2)19/h3-6,11,14H,7-10H2,1-2H3,(H,17,20)(H,18,19)/t11-,14-/m1/s1. The normalized spacial score (nSPS) is 19.0. The molecule has 2 rings (SSSR count). The molecule has 1 fully saturated rings. The zero-order chi connectivity index (χ0) is 16.7. The third-order valence-electron chi connectivity index (χ3n) is 3.25. The summed E-state index contributed by atoms with van der Waals surface area (Å²) in [5.41, 5.74) is 0.744. The number of hydrogen-bond donors (Lipinski definition) is 2. The van der Waals surface area contributed by atoms with E-state index < -0.39 is 0 Å². The van der Waals surface area contributed by atoms with Gasteiger partial charge in [0.15, 0.2) is 0 Å². The summed E-state index contributed by atoms with van der Waals surface area (Å²) in [6.07, 6.45) is -0.0677. The molecule has 2 N–H and O–H groups in total. The zero-order valence-corrected chi connectivity index (χ0v) is 14.2. The minimum absolute atomic E-state index is 0.0323. The smallest absolute Gasteiger partial charge is 0.233 e. The fraction of sp³-hybridized carbons (Fsp3) is 0.500. The van der Waals surface area contributed by atoms with Crippen molar-refractivity contribution < 1.29 is 19.1 Å². The number of rotatable bonds is 6. The Morgan fingerprint density at radius 2 is 2.04 bits per heavy atom. The third-order valence-corrected chi connectivity index (χ3v) is 4.36. The highest BCUT2D eigenvalue weighted by molar-refractivity contribution is 8.00. The summed E-state index contributed by atoms with van der Waals surface area (Å²) in [6, 6.07) is 7.42. The molecule has 0 aromatic heterocycles. The molecule has 2 amide bonds. The van der Waals surface area contributed by atoms with Gasteiger partial charge in [0, 0.05) is 24.1 Å². The summed E-state index contributed by atoms with van der Waals surface area (Å²) in [5, 5.41) is 5.38. The fourth-order valence-electron chi connectivity index (χ4n) is 2.09. The number of carbonyl (C=O) groups is 2. The van der Waals surface area contributed by atoms with E-state index in [1.807, 2.05) is 31.2 Å². The molecule has 0 bridgehead atoms. The topological polar surface area (TPSA) is 76.7 Å². The van der Waals surface area contributed by atoms with Gasteiger partial charge in [0.1, 0.15) is 0 Å². The molecule has 1 aliphatic heterocycles. The van der Waals surface area contributed by atoms with Gasteiger partial charge in [-0.3, -0.25) is 9.59 Å². The van der Waals surface area contributed by atoms with Crippen LogP contribution < -0.4 is 10.6 Å². The molecule has 6 nitrogen and oxygen atoms in total. The predicted molar refractivity (Wildman–Crippen MR) is 89.6 cm³/mol. The Morgan fingerprint density at radius 3 is 2.65 bits per heavy atom. The van der Waals surface area contributed by atoms with E-state index in [4.69, 9.17) is 9.47 Å². The summed E-state index contributed by atoms with van der Waals surface area (Å²) >= 11 is 1.47. The van der Waals surface area contributed by atoms with Crippen molar-refractivity contribution in [1.82, 2.24) is 5.32 Å². The number of anilines is 1. The summed E-state index contributed by atoms with van der Waals surface area (Å²) in [7, 11) is 0. The van der Waals surface area contributed by atoms with E-state index in [-0.39, 0.29) is 23.2 Å². The number of amides is 2. The summed E-state index contributed by atoms with van der Waals surface area (Å²) in [5.74, 6) is -0.137. The molecule has 2 atom stereocenters. The maximum absolute atomic E-state index is 12.1. The van der Waals surface area contributed by atoms with E-state index in [2.05, 4.69) is 10.6 Å². The molecule has 0 saturated carbocycles. The maximum Gasteiger partial charge on any atom is 0.233 e. The van der Waals surface area contributed by atoms with Crippen LogP contribution >= 0.6 is 11.8 Å². The van der Waals surface area contributed by atoms with Gasteiger partial charge in [-0.1, -0.05) is 0 Å². The Hall–Kier alpha value is -1.57. The van der Waals surface area contributed by atoms with Crippen molar-refractivity contribution in [3.05, 3.63) is 24.3 Å². The monoisotopic (exact) mass is 338 g/mol. The van der Waals surface area contributed by atoms with Gasteiger partial charge in [0.25, 0.3) is 0 Å². The lowest BCUT2D eigenvalue weighted by Gasteiger charge is -2.23. The Balaban J connectivity index is 1.77. The molecule has 1 aromatic rings. The van der Waals surface area contributed by atoms with Gasteiger partial charge in [-0.2, -0.15) is 0 Å². The molecule has 0 radical (unpaired) electrons. The van der Waals surface area contributed by atoms with Crippen LogP contribution in [0.15, 0.2) is 29.2 Å². The number of nitrogens with one attached hydrogen (secondary N) is 2. The van der Waals surface area contributed by atoms with Gasteiger partial charge in [-0.15, -0.1) is 11.8 Å². The van der Waals surface area contributed by atoms with Gasteiger partial charge < -0.3 is 20.1 Å². The summed E-state index contributed by atoms with van der Waals surface area (Å²) in [4.78, 5) is 24.1. The van der Waals surface area contributed by atoms with E-state index in [1.165, 1.54) is 18.7 Å². The van der Waals surface area contributed by atoms with Crippen molar-refractivity contribution in [2.24, 2.45) is 0 Å². The highest BCUT2D eigenvalue weighted by Crippen LogP contribution is 2.24. The molecule has 7 heteroatoms. The molecule has 1 saturated heterocycles. The molecule has 23 heavy (non-hydrogen) atoms. The largest absolute Gasteiger partial charge is 0.376 e. The van der Waals surface area contributed by atoms with Crippen LogP contribution in [0, 0.1) is 0 Å². The number of benzene rings is 1. The Labute approximate surface area is 140 Å². The Kier molecular flexibility index (Phi) is 6.88. The highest BCUT2D eigenvalue weighted by atomic mass is 32.2. The van der Waals surface area contributed by atoms with Crippen molar-refractivity contribution in [3.63, 3.8) is 0 Å². The van der Waals surface area contributed by atoms with E-state index in [1.54, 1.807) is 0 Å². The minimum Gasteiger partial charge on any atom is -0.376 e. The first-order valence-electron chi connectivity index (χ1n) is 7.56. The third kappa shape index (κ3) is 6.21. The summed E-state index contributed by atoms with van der Waals surface area (Å²) in [6.45, 7) is 5.50.